The molecule has 17 heavy (non-hydrogen) atoms. The van der Waals surface area contributed by atoms with E-state index in [1.165, 1.54) is 7.11 Å². The van der Waals surface area contributed by atoms with Crippen molar-refractivity contribution < 1.29 is 14.1 Å². The van der Waals surface area contributed by atoms with Crippen molar-refractivity contribution >= 4 is 5.97 Å². The number of rotatable bonds is 6. The lowest BCUT2D eigenvalue weighted by atomic mass is 9.94. The fourth-order valence-corrected chi connectivity index (χ4v) is 1.51. The van der Waals surface area contributed by atoms with Gasteiger partial charge in [-0.3, -0.25) is 4.79 Å². The average molecular weight is 240 g/mol. The summed E-state index contributed by atoms with van der Waals surface area (Å²) in [6, 6.07) is 1.88. The van der Waals surface area contributed by atoms with E-state index in [-0.39, 0.29) is 11.5 Å². The van der Waals surface area contributed by atoms with Gasteiger partial charge >= 0.3 is 5.97 Å². The van der Waals surface area contributed by atoms with Crippen molar-refractivity contribution in [2.75, 3.05) is 7.11 Å². The van der Waals surface area contributed by atoms with Crippen LogP contribution in [0.15, 0.2) is 10.6 Å². The van der Waals surface area contributed by atoms with Crippen LogP contribution in [-0.4, -0.2) is 23.8 Å². The molecule has 96 valence electrons. The Labute approximate surface area is 102 Å². The third-order valence-electron chi connectivity index (χ3n) is 2.92. The van der Waals surface area contributed by atoms with Crippen LogP contribution in [0.3, 0.4) is 0 Å². The topological polar surface area (TPSA) is 64.4 Å². The highest BCUT2D eigenvalue weighted by Crippen LogP contribution is 2.16. The summed E-state index contributed by atoms with van der Waals surface area (Å²) in [5.41, 5.74) is 0.562. The summed E-state index contributed by atoms with van der Waals surface area (Å²) in [4.78, 5) is 11.3. The monoisotopic (exact) mass is 240 g/mol. The molecule has 0 amide bonds. The molecule has 0 aliphatic carbocycles. The number of nitrogens with one attached hydrogen (secondary N) is 1. The number of ether oxygens (including phenoxy) is 1. The van der Waals surface area contributed by atoms with E-state index in [0.717, 1.165) is 17.9 Å². The van der Waals surface area contributed by atoms with Crippen molar-refractivity contribution in [2.24, 2.45) is 0 Å². The van der Waals surface area contributed by atoms with Gasteiger partial charge < -0.3 is 14.6 Å². The first-order valence-electron chi connectivity index (χ1n) is 5.73. The second-order valence-electron chi connectivity index (χ2n) is 4.45. The van der Waals surface area contributed by atoms with E-state index in [0.29, 0.717) is 13.0 Å². The van der Waals surface area contributed by atoms with Crippen LogP contribution in [0.1, 0.15) is 38.1 Å². The highest BCUT2D eigenvalue weighted by molar-refractivity contribution is 5.70. The number of aromatic nitrogens is 1. The number of carbonyl (C=O) groups excluding carboxylic acids is 1. The lowest BCUT2D eigenvalue weighted by Gasteiger charge is -2.28. The van der Waals surface area contributed by atoms with Crippen molar-refractivity contribution in [3.05, 3.63) is 17.5 Å². The van der Waals surface area contributed by atoms with Crippen LogP contribution in [0.5, 0.6) is 0 Å². The first-order valence-corrected chi connectivity index (χ1v) is 5.73. The largest absolute Gasteiger partial charge is 0.469 e. The zero-order valence-electron chi connectivity index (χ0n) is 10.9. The Hall–Kier alpha value is -1.36. The zero-order chi connectivity index (χ0) is 12.9. The molecule has 0 aliphatic heterocycles. The van der Waals surface area contributed by atoms with Crippen molar-refractivity contribution in [3.8, 4) is 0 Å². The van der Waals surface area contributed by atoms with Gasteiger partial charge in [0.25, 0.3) is 0 Å². The van der Waals surface area contributed by atoms with E-state index in [1.807, 2.05) is 26.8 Å². The summed E-state index contributed by atoms with van der Waals surface area (Å²) >= 11 is 0. The lowest BCUT2D eigenvalue weighted by molar-refractivity contribution is -0.142. The van der Waals surface area contributed by atoms with Gasteiger partial charge in [-0.2, -0.15) is 0 Å². The van der Waals surface area contributed by atoms with Crippen LogP contribution in [-0.2, 0) is 16.1 Å². The molecule has 1 heterocycles. The van der Waals surface area contributed by atoms with Gasteiger partial charge in [0.05, 0.1) is 19.2 Å². The summed E-state index contributed by atoms with van der Waals surface area (Å²) in [6.45, 7) is 6.46. The molecule has 5 nitrogen and oxygen atoms in total. The second-order valence-corrected chi connectivity index (χ2v) is 4.45. The first kappa shape index (κ1) is 13.7. The average Bonchev–Trinajstić information content (AvgIpc) is 2.72. The van der Waals surface area contributed by atoms with Crippen LogP contribution in [0.4, 0.5) is 0 Å². The Morgan fingerprint density at radius 2 is 2.35 bits per heavy atom. The molecular weight excluding hydrogens is 220 g/mol. The fraction of sp³-hybridized carbons (Fsp3) is 0.667. The number of hydrogen-bond acceptors (Lipinski definition) is 5. The normalized spacial score (nSPS) is 14.4. The molecular formula is C12H20N2O3. The minimum Gasteiger partial charge on any atom is -0.469 e. The lowest BCUT2D eigenvalue weighted by Crippen LogP contribution is -2.43. The number of nitrogens with zero attached hydrogens (tertiary/aromatic N) is 1. The van der Waals surface area contributed by atoms with Gasteiger partial charge in [0.15, 0.2) is 0 Å². The van der Waals surface area contributed by atoms with E-state index in [4.69, 9.17) is 9.26 Å². The third kappa shape index (κ3) is 4.19. The van der Waals surface area contributed by atoms with Crippen LogP contribution < -0.4 is 5.32 Å². The quantitative estimate of drug-likeness (QED) is 0.768. The molecule has 1 rings (SSSR count). The maximum absolute atomic E-state index is 11.3. The number of aryl methyl sites for hydroxylation is 1. The maximum Gasteiger partial charge on any atom is 0.307 e. The Morgan fingerprint density at radius 1 is 1.65 bits per heavy atom. The molecule has 0 radical (unpaired) electrons. The molecule has 0 bridgehead atoms. The Bertz CT molecular complexity index is 376. The summed E-state index contributed by atoms with van der Waals surface area (Å²) in [7, 11) is 1.40. The fourth-order valence-electron chi connectivity index (χ4n) is 1.51. The SMILES string of the molecule is CC[C@](C)(CC(=O)OC)NCc1cc(C)on1. The molecule has 0 aromatic carbocycles. The van der Waals surface area contributed by atoms with Gasteiger partial charge in [0.1, 0.15) is 5.76 Å². The van der Waals surface area contributed by atoms with Crippen LogP contribution in [0.25, 0.3) is 0 Å². The molecule has 0 unspecified atom stereocenters. The van der Waals surface area contributed by atoms with Crippen LogP contribution >= 0.6 is 0 Å². The second kappa shape index (κ2) is 5.82. The molecule has 1 aromatic rings. The molecule has 1 N–H and O–H groups in total. The van der Waals surface area contributed by atoms with Crippen LogP contribution in [0, 0.1) is 6.92 Å². The number of methoxy groups -OCH3 is 1. The summed E-state index contributed by atoms with van der Waals surface area (Å²) in [6.07, 6.45) is 1.18. The minimum atomic E-state index is -0.278. The molecule has 0 saturated carbocycles. The van der Waals surface area contributed by atoms with Crippen molar-refractivity contribution in [1.82, 2.24) is 10.5 Å². The molecule has 0 aliphatic rings. The standard InChI is InChI=1S/C12H20N2O3/c1-5-12(3,7-11(15)16-4)13-8-10-6-9(2)17-14-10/h6,13H,5,7-8H2,1-4H3/t12-/m1/s1. The van der Waals surface area contributed by atoms with E-state index in [1.54, 1.807) is 0 Å². The molecule has 5 heteroatoms. The zero-order valence-corrected chi connectivity index (χ0v) is 10.9. The number of carbonyl (C=O) groups is 1. The van der Waals surface area contributed by atoms with Crippen molar-refractivity contribution in [2.45, 2.75) is 45.7 Å². The Morgan fingerprint density at radius 3 is 2.82 bits per heavy atom. The van der Waals surface area contributed by atoms with Gasteiger partial charge in [0.2, 0.25) is 0 Å². The van der Waals surface area contributed by atoms with Crippen molar-refractivity contribution in [1.29, 1.82) is 0 Å². The maximum atomic E-state index is 11.3. The smallest absolute Gasteiger partial charge is 0.307 e. The third-order valence-corrected chi connectivity index (χ3v) is 2.92. The highest BCUT2D eigenvalue weighted by atomic mass is 16.5. The van der Waals surface area contributed by atoms with Gasteiger partial charge in [-0.1, -0.05) is 12.1 Å². The number of hydrogen-bond donors (Lipinski definition) is 1. The number of esters is 1. The van der Waals surface area contributed by atoms with Crippen LogP contribution in [0.2, 0.25) is 0 Å². The predicted molar refractivity (Wildman–Crippen MR) is 63.4 cm³/mol. The molecule has 0 spiro atoms. The Balaban J connectivity index is 2.53. The summed E-state index contributed by atoms with van der Waals surface area (Å²) in [5.74, 6) is 0.575. The Kier molecular flexibility index (Phi) is 4.69. The predicted octanol–water partition coefficient (Wildman–Crippen LogP) is 1.80. The van der Waals surface area contributed by atoms with Gasteiger partial charge in [-0.25, -0.2) is 0 Å². The van der Waals surface area contributed by atoms with Gasteiger partial charge in [-0.15, -0.1) is 0 Å². The summed E-state index contributed by atoms with van der Waals surface area (Å²) < 4.78 is 9.67. The minimum absolute atomic E-state index is 0.210. The summed E-state index contributed by atoms with van der Waals surface area (Å²) in [5, 5.41) is 7.22. The van der Waals surface area contributed by atoms with Crippen molar-refractivity contribution in [3.63, 3.8) is 0 Å². The van der Waals surface area contributed by atoms with E-state index in [2.05, 4.69) is 10.5 Å². The first-order chi connectivity index (χ1) is 7.99. The van der Waals surface area contributed by atoms with E-state index >= 15 is 0 Å². The molecule has 0 fully saturated rings. The highest BCUT2D eigenvalue weighted by Gasteiger charge is 2.25. The van der Waals surface area contributed by atoms with E-state index < -0.39 is 0 Å². The van der Waals surface area contributed by atoms with Gasteiger partial charge in [-0.05, 0) is 20.3 Å². The van der Waals surface area contributed by atoms with E-state index in [9.17, 15) is 4.79 Å². The molecule has 1 aromatic heterocycles. The van der Waals surface area contributed by atoms with Gasteiger partial charge in [0, 0.05) is 18.2 Å². The molecule has 1 atom stereocenters. The molecule has 0 saturated heterocycles.